The molecule has 3 heterocycles. The van der Waals surface area contributed by atoms with Gasteiger partial charge in [0.25, 0.3) is 0 Å². The summed E-state index contributed by atoms with van der Waals surface area (Å²) in [6.45, 7) is 2.65. The number of carbonyl (C=O) groups is 2. The molecule has 1 aliphatic heterocycles. The van der Waals surface area contributed by atoms with Crippen molar-refractivity contribution in [3.05, 3.63) is 47.7 Å². The van der Waals surface area contributed by atoms with Crippen LogP contribution in [0.4, 0.5) is 0 Å². The zero-order valence-electron chi connectivity index (χ0n) is 17.1. The number of hydrogen-bond donors (Lipinski definition) is 2. The van der Waals surface area contributed by atoms with Crippen molar-refractivity contribution < 1.29 is 18.8 Å². The van der Waals surface area contributed by atoms with Gasteiger partial charge in [0.05, 0.1) is 18.4 Å². The number of nitrogens with zero attached hydrogens (tertiary/aromatic N) is 3. The molecule has 9 nitrogen and oxygen atoms in total. The molecule has 1 aromatic carbocycles. The smallest absolute Gasteiger partial charge is 0.246 e. The standard InChI is InChI=1S/C21H25N5O4/c1-13-23-21(30-25-13)16-7-8-26(11-18(16)24-19(27)12-29-2)20(28)9-14-10-22-17-6-4-3-5-15(14)17/h3-6,10,16,18,22H,7-9,11-12H2,1-2H3,(H,24,27)/t16-,18+/m0/s1. The Balaban J connectivity index is 1.49. The average Bonchev–Trinajstić information content (AvgIpc) is 3.34. The van der Waals surface area contributed by atoms with E-state index in [4.69, 9.17) is 9.26 Å². The first-order valence-electron chi connectivity index (χ1n) is 9.96. The van der Waals surface area contributed by atoms with Crippen LogP contribution >= 0.6 is 0 Å². The van der Waals surface area contributed by atoms with Crippen molar-refractivity contribution in [1.29, 1.82) is 0 Å². The van der Waals surface area contributed by atoms with E-state index in [-0.39, 0.29) is 30.4 Å². The van der Waals surface area contributed by atoms with Crippen LogP contribution in [-0.2, 0) is 20.7 Å². The van der Waals surface area contributed by atoms with Gasteiger partial charge in [0, 0.05) is 37.3 Å². The van der Waals surface area contributed by atoms with Gasteiger partial charge in [-0.05, 0) is 25.0 Å². The molecule has 1 aliphatic rings. The molecule has 0 unspecified atom stereocenters. The SMILES string of the molecule is COCC(=O)N[C@@H]1CN(C(=O)Cc2c[nH]c3ccccc23)CC[C@@H]1c1nc(C)no1. The Bertz CT molecular complexity index is 1040. The Kier molecular flexibility index (Phi) is 5.80. The van der Waals surface area contributed by atoms with E-state index in [1.807, 2.05) is 30.5 Å². The Morgan fingerprint density at radius 3 is 2.97 bits per heavy atom. The summed E-state index contributed by atoms with van der Waals surface area (Å²) in [5.74, 6) is 0.661. The monoisotopic (exact) mass is 411 g/mol. The number of rotatable bonds is 6. The number of piperidine rings is 1. The molecule has 2 atom stereocenters. The van der Waals surface area contributed by atoms with Gasteiger partial charge in [-0.25, -0.2) is 0 Å². The fourth-order valence-corrected chi connectivity index (χ4v) is 4.02. The average molecular weight is 411 g/mol. The van der Waals surface area contributed by atoms with Crippen molar-refractivity contribution in [3.63, 3.8) is 0 Å². The Morgan fingerprint density at radius 2 is 2.20 bits per heavy atom. The van der Waals surface area contributed by atoms with E-state index in [1.54, 1.807) is 11.8 Å². The van der Waals surface area contributed by atoms with Gasteiger partial charge in [-0.3, -0.25) is 9.59 Å². The zero-order valence-corrected chi connectivity index (χ0v) is 17.1. The van der Waals surface area contributed by atoms with Crippen molar-refractivity contribution in [2.45, 2.75) is 31.7 Å². The largest absolute Gasteiger partial charge is 0.375 e. The van der Waals surface area contributed by atoms with E-state index in [2.05, 4.69) is 20.4 Å². The molecular weight excluding hydrogens is 386 g/mol. The normalized spacial score (nSPS) is 19.2. The number of hydrogen-bond acceptors (Lipinski definition) is 6. The highest BCUT2D eigenvalue weighted by Gasteiger charge is 2.36. The lowest BCUT2D eigenvalue weighted by atomic mass is 9.90. The van der Waals surface area contributed by atoms with Crippen LogP contribution in [-0.4, -0.2) is 64.7 Å². The van der Waals surface area contributed by atoms with Crippen molar-refractivity contribution in [1.82, 2.24) is 25.3 Å². The number of ether oxygens (including phenoxy) is 1. The second-order valence-corrected chi connectivity index (χ2v) is 7.56. The van der Waals surface area contributed by atoms with Gasteiger partial charge in [-0.1, -0.05) is 23.4 Å². The summed E-state index contributed by atoms with van der Waals surface area (Å²) in [6, 6.07) is 7.59. The van der Waals surface area contributed by atoms with Gasteiger partial charge >= 0.3 is 0 Å². The molecule has 0 bridgehead atoms. The van der Waals surface area contributed by atoms with Crippen molar-refractivity contribution in [2.24, 2.45) is 0 Å². The molecular formula is C21H25N5O4. The molecule has 2 amide bonds. The van der Waals surface area contributed by atoms with Gasteiger partial charge in [-0.2, -0.15) is 4.98 Å². The van der Waals surface area contributed by atoms with Crippen LogP contribution in [0.15, 0.2) is 35.0 Å². The van der Waals surface area contributed by atoms with E-state index in [0.29, 0.717) is 37.6 Å². The number of aryl methyl sites for hydroxylation is 1. The zero-order chi connectivity index (χ0) is 21.1. The number of benzene rings is 1. The van der Waals surface area contributed by atoms with Gasteiger partial charge in [-0.15, -0.1) is 0 Å². The maximum absolute atomic E-state index is 13.0. The first-order chi connectivity index (χ1) is 14.5. The highest BCUT2D eigenvalue weighted by molar-refractivity contribution is 5.89. The predicted octanol–water partition coefficient (Wildman–Crippen LogP) is 1.55. The Labute approximate surface area is 173 Å². The highest BCUT2D eigenvalue weighted by Crippen LogP contribution is 2.28. The molecule has 2 N–H and O–H groups in total. The first kappa shape index (κ1) is 20.1. The quantitative estimate of drug-likeness (QED) is 0.636. The summed E-state index contributed by atoms with van der Waals surface area (Å²) in [5, 5.41) is 7.87. The van der Waals surface area contributed by atoms with E-state index >= 15 is 0 Å². The second-order valence-electron chi connectivity index (χ2n) is 7.56. The maximum atomic E-state index is 13.0. The number of para-hydroxylation sites is 1. The summed E-state index contributed by atoms with van der Waals surface area (Å²) in [5.41, 5.74) is 1.97. The Hall–Kier alpha value is -3.20. The number of carbonyl (C=O) groups excluding carboxylic acids is 2. The molecule has 0 spiro atoms. The minimum atomic E-state index is -0.326. The fourth-order valence-electron chi connectivity index (χ4n) is 4.02. The molecule has 3 aromatic rings. The van der Waals surface area contributed by atoms with E-state index in [1.165, 1.54) is 7.11 Å². The number of aromatic amines is 1. The van der Waals surface area contributed by atoms with E-state index in [9.17, 15) is 9.59 Å². The summed E-state index contributed by atoms with van der Waals surface area (Å²) >= 11 is 0. The minimum absolute atomic E-state index is 0.0194. The van der Waals surface area contributed by atoms with Crippen LogP contribution in [0.2, 0.25) is 0 Å². The first-order valence-corrected chi connectivity index (χ1v) is 9.96. The van der Waals surface area contributed by atoms with Crippen LogP contribution in [0, 0.1) is 6.92 Å². The second kappa shape index (κ2) is 8.66. The molecule has 2 aromatic heterocycles. The topological polar surface area (TPSA) is 113 Å². The molecule has 0 aliphatic carbocycles. The number of amides is 2. The molecule has 0 radical (unpaired) electrons. The van der Waals surface area contributed by atoms with Gasteiger partial charge in [0.15, 0.2) is 5.82 Å². The van der Waals surface area contributed by atoms with E-state index in [0.717, 1.165) is 16.5 Å². The maximum Gasteiger partial charge on any atom is 0.246 e. The van der Waals surface area contributed by atoms with Crippen LogP contribution in [0.1, 0.15) is 29.6 Å². The lowest BCUT2D eigenvalue weighted by molar-refractivity contribution is -0.134. The molecule has 9 heteroatoms. The van der Waals surface area contributed by atoms with Gasteiger partial charge in [0.1, 0.15) is 6.61 Å². The molecule has 1 saturated heterocycles. The number of aromatic nitrogens is 3. The van der Waals surface area contributed by atoms with Crippen LogP contribution in [0.25, 0.3) is 10.9 Å². The third-order valence-electron chi connectivity index (χ3n) is 5.46. The highest BCUT2D eigenvalue weighted by atomic mass is 16.5. The summed E-state index contributed by atoms with van der Waals surface area (Å²) in [7, 11) is 1.47. The van der Waals surface area contributed by atoms with Crippen molar-refractivity contribution in [3.8, 4) is 0 Å². The third-order valence-corrected chi connectivity index (χ3v) is 5.46. The minimum Gasteiger partial charge on any atom is -0.375 e. The number of methoxy groups -OCH3 is 1. The lowest BCUT2D eigenvalue weighted by Gasteiger charge is -2.37. The van der Waals surface area contributed by atoms with Gasteiger partial charge < -0.3 is 24.5 Å². The van der Waals surface area contributed by atoms with Crippen LogP contribution in [0.5, 0.6) is 0 Å². The summed E-state index contributed by atoms with van der Waals surface area (Å²) in [4.78, 5) is 34.5. The third kappa shape index (κ3) is 4.20. The van der Waals surface area contributed by atoms with Crippen molar-refractivity contribution >= 4 is 22.7 Å². The Morgan fingerprint density at radius 1 is 1.37 bits per heavy atom. The molecule has 158 valence electrons. The van der Waals surface area contributed by atoms with Gasteiger partial charge in [0.2, 0.25) is 17.7 Å². The number of fused-ring (bicyclic) bond motifs is 1. The molecule has 30 heavy (non-hydrogen) atoms. The number of nitrogens with one attached hydrogen (secondary N) is 2. The number of H-pyrrole nitrogens is 1. The number of likely N-dealkylation sites (tertiary alicyclic amines) is 1. The fraction of sp³-hybridized carbons (Fsp3) is 0.429. The summed E-state index contributed by atoms with van der Waals surface area (Å²) in [6.07, 6.45) is 2.81. The lowest BCUT2D eigenvalue weighted by Crippen LogP contribution is -2.54. The summed E-state index contributed by atoms with van der Waals surface area (Å²) < 4.78 is 10.3. The van der Waals surface area contributed by atoms with Crippen molar-refractivity contribution in [2.75, 3.05) is 26.8 Å². The molecule has 4 rings (SSSR count). The predicted molar refractivity (Wildman–Crippen MR) is 109 cm³/mol. The molecule has 0 saturated carbocycles. The molecule has 1 fully saturated rings. The van der Waals surface area contributed by atoms with Crippen LogP contribution in [0.3, 0.4) is 0 Å². The van der Waals surface area contributed by atoms with Crippen LogP contribution < -0.4 is 5.32 Å². The van der Waals surface area contributed by atoms with E-state index < -0.39 is 0 Å².